The Morgan fingerprint density at radius 3 is 2.45 bits per heavy atom. The summed E-state index contributed by atoms with van der Waals surface area (Å²) in [5.41, 5.74) is 1.13. The molecule has 0 amide bonds. The molecule has 0 spiro atoms. The number of alkyl halides is 3. The lowest BCUT2D eigenvalue weighted by molar-refractivity contribution is -0.143. The van der Waals surface area contributed by atoms with Gasteiger partial charge in [0.25, 0.3) is 0 Å². The number of aliphatic imine (C=N–C) groups is 1. The molecule has 0 aromatic heterocycles. The van der Waals surface area contributed by atoms with Crippen LogP contribution in [0.3, 0.4) is 0 Å². The smallest absolute Gasteiger partial charge is 0.356 e. The number of nitrogens with one attached hydrogen (secondary N) is 2. The molecule has 0 unspecified atom stereocenters. The Hall–Kier alpha value is -1.76. The van der Waals surface area contributed by atoms with Gasteiger partial charge in [0.15, 0.2) is 5.96 Å². The van der Waals surface area contributed by atoms with E-state index in [1.807, 2.05) is 30.3 Å². The van der Waals surface area contributed by atoms with Crippen molar-refractivity contribution in [1.82, 2.24) is 15.5 Å². The largest absolute Gasteiger partial charge is 0.401 e. The van der Waals surface area contributed by atoms with Gasteiger partial charge < -0.3 is 10.6 Å². The number of benzene rings is 1. The molecule has 0 saturated heterocycles. The zero-order valence-corrected chi connectivity index (χ0v) is 13.0. The van der Waals surface area contributed by atoms with E-state index in [1.165, 1.54) is 11.9 Å². The average molecular weight is 316 g/mol. The Bertz CT molecular complexity index is 446. The van der Waals surface area contributed by atoms with E-state index in [2.05, 4.69) is 15.6 Å². The Balaban J connectivity index is 2.19. The molecule has 0 saturated carbocycles. The fourth-order valence-electron chi connectivity index (χ4n) is 1.94. The van der Waals surface area contributed by atoms with Gasteiger partial charge in [0.2, 0.25) is 0 Å². The van der Waals surface area contributed by atoms with Crippen LogP contribution in [-0.2, 0) is 6.54 Å². The zero-order valence-electron chi connectivity index (χ0n) is 13.0. The second-order valence-corrected chi connectivity index (χ2v) is 5.04. The van der Waals surface area contributed by atoms with Crippen molar-refractivity contribution in [2.75, 3.05) is 33.7 Å². The summed E-state index contributed by atoms with van der Waals surface area (Å²) in [5.74, 6) is 0.641. The monoisotopic (exact) mass is 316 g/mol. The Morgan fingerprint density at radius 2 is 1.86 bits per heavy atom. The third-order valence-electron chi connectivity index (χ3n) is 2.98. The molecular formula is C15H23F3N4. The predicted octanol–water partition coefficient (Wildman–Crippen LogP) is 2.24. The first-order chi connectivity index (χ1) is 10.4. The number of hydrogen-bond donors (Lipinski definition) is 2. The number of halogens is 3. The molecule has 0 aliphatic rings. The molecular weight excluding hydrogens is 293 g/mol. The SMILES string of the molecule is CN=C(NCCCN(C)CC(F)(F)F)NCc1ccccc1. The maximum absolute atomic E-state index is 12.2. The molecule has 0 radical (unpaired) electrons. The van der Waals surface area contributed by atoms with Crippen molar-refractivity contribution in [3.8, 4) is 0 Å². The highest BCUT2D eigenvalue weighted by Crippen LogP contribution is 2.15. The molecule has 2 N–H and O–H groups in total. The van der Waals surface area contributed by atoms with Gasteiger partial charge >= 0.3 is 6.18 Å². The van der Waals surface area contributed by atoms with E-state index in [4.69, 9.17) is 0 Å². The number of guanidine groups is 1. The van der Waals surface area contributed by atoms with Gasteiger partial charge in [-0.05, 0) is 25.6 Å². The molecule has 0 heterocycles. The predicted molar refractivity (Wildman–Crippen MR) is 82.8 cm³/mol. The molecule has 0 bridgehead atoms. The van der Waals surface area contributed by atoms with Crippen LogP contribution in [0.4, 0.5) is 13.2 Å². The highest BCUT2D eigenvalue weighted by molar-refractivity contribution is 5.79. The minimum atomic E-state index is -4.14. The Labute approximate surface area is 129 Å². The van der Waals surface area contributed by atoms with Gasteiger partial charge in [0, 0.05) is 20.1 Å². The van der Waals surface area contributed by atoms with E-state index in [0.29, 0.717) is 32.0 Å². The first-order valence-electron chi connectivity index (χ1n) is 7.14. The third-order valence-corrected chi connectivity index (χ3v) is 2.98. The van der Waals surface area contributed by atoms with Gasteiger partial charge in [-0.15, -0.1) is 0 Å². The fourth-order valence-corrected chi connectivity index (χ4v) is 1.94. The molecule has 124 valence electrons. The molecule has 0 aliphatic heterocycles. The van der Waals surface area contributed by atoms with Crippen LogP contribution in [0.5, 0.6) is 0 Å². The molecule has 1 rings (SSSR count). The first kappa shape index (κ1) is 18.3. The van der Waals surface area contributed by atoms with Gasteiger partial charge in [0.05, 0.1) is 6.54 Å². The van der Waals surface area contributed by atoms with Crippen molar-refractivity contribution in [2.24, 2.45) is 4.99 Å². The molecule has 22 heavy (non-hydrogen) atoms. The molecule has 0 fully saturated rings. The van der Waals surface area contributed by atoms with Crippen LogP contribution >= 0.6 is 0 Å². The first-order valence-corrected chi connectivity index (χ1v) is 7.14. The van der Waals surface area contributed by atoms with E-state index in [1.54, 1.807) is 7.05 Å². The molecule has 0 aliphatic carbocycles. The zero-order chi connectivity index (χ0) is 16.4. The number of rotatable bonds is 7. The summed E-state index contributed by atoms with van der Waals surface area (Å²) in [6, 6.07) is 9.89. The quantitative estimate of drug-likeness (QED) is 0.460. The Morgan fingerprint density at radius 1 is 1.18 bits per heavy atom. The van der Waals surface area contributed by atoms with Gasteiger partial charge in [0.1, 0.15) is 0 Å². The molecule has 0 atom stereocenters. The maximum Gasteiger partial charge on any atom is 0.401 e. The average Bonchev–Trinajstić information content (AvgIpc) is 2.46. The van der Waals surface area contributed by atoms with Crippen LogP contribution in [0.25, 0.3) is 0 Å². The van der Waals surface area contributed by atoms with E-state index in [9.17, 15) is 13.2 Å². The standard InChI is InChI=1S/C15H23F3N4/c1-19-14(21-11-13-7-4-3-5-8-13)20-9-6-10-22(2)12-15(16,17)18/h3-5,7-8H,6,9-12H2,1-2H3,(H2,19,20,21). The highest BCUT2D eigenvalue weighted by Gasteiger charge is 2.28. The van der Waals surface area contributed by atoms with Gasteiger partial charge in [-0.25, -0.2) is 0 Å². The molecule has 4 nitrogen and oxygen atoms in total. The van der Waals surface area contributed by atoms with Crippen molar-refractivity contribution in [1.29, 1.82) is 0 Å². The second kappa shape index (κ2) is 9.30. The van der Waals surface area contributed by atoms with Gasteiger partial charge in [-0.3, -0.25) is 9.89 Å². The lowest BCUT2D eigenvalue weighted by atomic mass is 10.2. The summed E-state index contributed by atoms with van der Waals surface area (Å²) < 4.78 is 36.5. The minimum absolute atomic E-state index is 0.377. The van der Waals surface area contributed by atoms with Gasteiger partial charge in [-0.2, -0.15) is 13.2 Å². The summed E-state index contributed by atoms with van der Waals surface area (Å²) in [5, 5.41) is 6.25. The van der Waals surface area contributed by atoms with Crippen molar-refractivity contribution in [2.45, 2.75) is 19.1 Å². The third kappa shape index (κ3) is 8.51. The summed E-state index contributed by atoms with van der Waals surface area (Å²) in [4.78, 5) is 5.35. The van der Waals surface area contributed by atoms with Crippen LogP contribution in [0, 0.1) is 0 Å². The Kier molecular flexibility index (Phi) is 7.73. The van der Waals surface area contributed by atoms with Crippen molar-refractivity contribution < 1.29 is 13.2 Å². The van der Waals surface area contributed by atoms with Crippen molar-refractivity contribution in [3.63, 3.8) is 0 Å². The van der Waals surface area contributed by atoms with E-state index >= 15 is 0 Å². The van der Waals surface area contributed by atoms with Crippen LogP contribution in [0.2, 0.25) is 0 Å². The summed E-state index contributed by atoms with van der Waals surface area (Å²) in [6.07, 6.45) is -3.53. The highest BCUT2D eigenvalue weighted by atomic mass is 19.4. The van der Waals surface area contributed by atoms with Crippen molar-refractivity contribution in [3.05, 3.63) is 35.9 Å². The fraction of sp³-hybridized carbons (Fsp3) is 0.533. The van der Waals surface area contributed by atoms with E-state index < -0.39 is 12.7 Å². The summed E-state index contributed by atoms with van der Waals surface area (Å²) in [7, 11) is 3.13. The van der Waals surface area contributed by atoms with Crippen LogP contribution < -0.4 is 10.6 Å². The lowest BCUT2D eigenvalue weighted by Crippen LogP contribution is -2.39. The van der Waals surface area contributed by atoms with E-state index in [-0.39, 0.29) is 0 Å². The lowest BCUT2D eigenvalue weighted by Gasteiger charge is -2.19. The van der Waals surface area contributed by atoms with Gasteiger partial charge in [-0.1, -0.05) is 30.3 Å². The molecule has 7 heteroatoms. The van der Waals surface area contributed by atoms with E-state index in [0.717, 1.165) is 5.56 Å². The summed E-state index contributed by atoms with van der Waals surface area (Å²) in [6.45, 7) is 0.710. The molecule has 1 aromatic carbocycles. The minimum Gasteiger partial charge on any atom is -0.356 e. The number of nitrogens with zero attached hydrogens (tertiary/aromatic N) is 2. The van der Waals surface area contributed by atoms with Crippen molar-refractivity contribution >= 4 is 5.96 Å². The second-order valence-electron chi connectivity index (χ2n) is 5.04. The van der Waals surface area contributed by atoms with Crippen LogP contribution in [0.15, 0.2) is 35.3 Å². The normalized spacial score (nSPS) is 12.5. The van der Waals surface area contributed by atoms with Crippen LogP contribution in [-0.4, -0.2) is 50.8 Å². The summed E-state index contributed by atoms with van der Waals surface area (Å²) >= 11 is 0. The molecule has 1 aromatic rings. The topological polar surface area (TPSA) is 39.7 Å². The number of hydrogen-bond acceptors (Lipinski definition) is 2. The van der Waals surface area contributed by atoms with Crippen LogP contribution in [0.1, 0.15) is 12.0 Å². The maximum atomic E-state index is 12.2.